The number of hydrogen-bond acceptors (Lipinski definition) is 6. The molecule has 1 aliphatic heterocycles. The molecule has 4 aromatic rings. The lowest BCUT2D eigenvalue weighted by molar-refractivity contribution is -0.265. The summed E-state index contributed by atoms with van der Waals surface area (Å²) in [6.45, 7) is -0.250. The molecule has 0 bridgehead atoms. The number of aromatic nitrogens is 3. The molecule has 1 saturated carbocycles. The summed E-state index contributed by atoms with van der Waals surface area (Å²) in [7, 11) is 0. The van der Waals surface area contributed by atoms with Gasteiger partial charge >= 0.3 is 6.18 Å². The number of pyridine rings is 1. The molecule has 224 valence electrons. The number of rotatable bonds is 7. The molecule has 43 heavy (non-hydrogen) atoms. The summed E-state index contributed by atoms with van der Waals surface area (Å²) in [5, 5.41) is 18.5. The highest BCUT2D eigenvalue weighted by Crippen LogP contribution is 2.47. The van der Waals surface area contributed by atoms with Crippen LogP contribution in [0.2, 0.25) is 5.02 Å². The minimum atomic E-state index is -5.35. The number of hydrogen-bond donors (Lipinski definition) is 3. The lowest BCUT2D eigenvalue weighted by Gasteiger charge is -2.31. The van der Waals surface area contributed by atoms with Gasteiger partial charge in [0.05, 0.1) is 28.8 Å². The number of amides is 2. The first-order valence-corrected chi connectivity index (χ1v) is 13.6. The quantitative estimate of drug-likeness (QED) is 0.261. The van der Waals surface area contributed by atoms with Crippen molar-refractivity contribution in [3.8, 4) is 17.0 Å². The first-order valence-electron chi connectivity index (χ1n) is 13.2. The van der Waals surface area contributed by atoms with E-state index < -0.39 is 47.1 Å². The molecule has 0 spiro atoms. The second-order valence-corrected chi connectivity index (χ2v) is 11.4. The molecule has 0 saturated heterocycles. The molecule has 0 unspecified atom stereocenters. The van der Waals surface area contributed by atoms with Gasteiger partial charge in [-0.3, -0.25) is 14.3 Å². The van der Waals surface area contributed by atoms with E-state index in [1.165, 1.54) is 31.2 Å². The second-order valence-electron chi connectivity index (χ2n) is 11.0. The molecule has 3 heterocycles. The van der Waals surface area contributed by atoms with Crippen LogP contribution in [0.3, 0.4) is 0 Å². The zero-order valence-corrected chi connectivity index (χ0v) is 23.3. The SMILES string of the molecule is C[C@]1(C(N)=O)COc2c1cc([C@@](O)(CNC(=O)c1cc(Cl)c3cn(C4CC4)nc3c1)C(F)(F)F)nc2-c1ccc(F)cc1. The predicted octanol–water partition coefficient (Wildman–Crippen LogP) is 4.54. The third-order valence-electron chi connectivity index (χ3n) is 7.91. The molecular formula is C29H24ClF4N5O4. The summed E-state index contributed by atoms with van der Waals surface area (Å²) in [5.41, 5.74) is -0.342. The molecule has 1 aliphatic carbocycles. The van der Waals surface area contributed by atoms with E-state index in [2.05, 4.69) is 15.4 Å². The summed E-state index contributed by atoms with van der Waals surface area (Å²) in [6.07, 6.45) is -1.69. The summed E-state index contributed by atoms with van der Waals surface area (Å²) in [4.78, 5) is 29.5. The van der Waals surface area contributed by atoms with Gasteiger partial charge in [0.1, 0.15) is 29.3 Å². The fourth-order valence-corrected chi connectivity index (χ4v) is 5.27. The van der Waals surface area contributed by atoms with Gasteiger partial charge < -0.3 is 20.9 Å². The lowest BCUT2D eigenvalue weighted by Crippen LogP contribution is -2.51. The Balaban J connectivity index is 1.39. The van der Waals surface area contributed by atoms with Crippen molar-refractivity contribution in [2.24, 2.45) is 5.73 Å². The van der Waals surface area contributed by atoms with Gasteiger partial charge in [-0.05, 0) is 62.2 Å². The van der Waals surface area contributed by atoms with Crippen LogP contribution in [-0.4, -0.2) is 51.0 Å². The van der Waals surface area contributed by atoms with E-state index in [1.807, 2.05) is 0 Å². The van der Waals surface area contributed by atoms with Crippen LogP contribution in [0.15, 0.2) is 48.7 Å². The van der Waals surface area contributed by atoms with E-state index in [-0.39, 0.29) is 45.8 Å². The largest absolute Gasteiger partial charge is 0.489 e. The Morgan fingerprint density at radius 1 is 1.21 bits per heavy atom. The highest BCUT2D eigenvalue weighted by atomic mass is 35.5. The number of fused-ring (bicyclic) bond motifs is 2. The molecule has 4 N–H and O–H groups in total. The molecule has 2 aromatic heterocycles. The van der Waals surface area contributed by atoms with Crippen molar-refractivity contribution in [2.45, 2.75) is 43.0 Å². The van der Waals surface area contributed by atoms with Crippen molar-refractivity contribution < 1.29 is 37.0 Å². The Bertz CT molecular complexity index is 1790. The monoisotopic (exact) mass is 617 g/mol. The Morgan fingerprint density at radius 2 is 1.91 bits per heavy atom. The van der Waals surface area contributed by atoms with Crippen LogP contribution < -0.4 is 15.8 Å². The Morgan fingerprint density at radius 3 is 2.53 bits per heavy atom. The maximum atomic E-state index is 14.6. The van der Waals surface area contributed by atoms with Crippen molar-refractivity contribution in [1.29, 1.82) is 0 Å². The number of benzene rings is 2. The highest BCUT2D eigenvalue weighted by Gasteiger charge is 2.57. The Hall–Kier alpha value is -4.23. The van der Waals surface area contributed by atoms with Gasteiger partial charge in [0.2, 0.25) is 11.5 Å². The second kappa shape index (κ2) is 9.91. The van der Waals surface area contributed by atoms with E-state index >= 15 is 0 Å². The maximum Gasteiger partial charge on any atom is 0.424 e. The summed E-state index contributed by atoms with van der Waals surface area (Å²) in [5.74, 6) is -2.46. The van der Waals surface area contributed by atoms with Crippen LogP contribution in [0.5, 0.6) is 5.75 Å². The van der Waals surface area contributed by atoms with Crippen LogP contribution in [-0.2, 0) is 15.8 Å². The normalized spacial score (nSPS) is 19.5. The van der Waals surface area contributed by atoms with Crippen LogP contribution in [0, 0.1) is 5.82 Å². The van der Waals surface area contributed by atoms with Crippen molar-refractivity contribution in [3.63, 3.8) is 0 Å². The van der Waals surface area contributed by atoms with E-state index in [0.717, 1.165) is 31.0 Å². The summed E-state index contributed by atoms with van der Waals surface area (Å²) < 4.78 is 65.0. The third kappa shape index (κ3) is 4.85. The Labute approximate surface area is 246 Å². The molecule has 9 nitrogen and oxygen atoms in total. The van der Waals surface area contributed by atoms with Gasteiger partial charge in [0.25, 0.3) is 5.91 Å². The van der Waals surface area contributed by atoms with E-state index in [0.29, 0.717) is 10.9 Å². The molecule has 2 atom stereocenters. The van der Waals surface area contributed by atoms with E-state index in [1.54, 1.807) is 10.9 Å². The fourth-order valence-electron chi connectivity index (χ4n) is 5.01. The van der Waals surface area contributed by atoms with Crippen molar-refractivity contribution in [1.82, 2.24) is 20.1 Å². The van der Waals surface area contributed by atoms with Crippen molar-refractivity contribution in [3.05, 3.63) is 76.3 Å². The van der Waals surface area contributed by atoms with Crippen molar-refractivity contribution in [2.75, 3.05) is 13.2 Å². The smallest absolute Gasteiger partial charge is 0.424 e. The maximum absolute atomic E-state index is 14.6. The topological polar surface area (TPSA) is 132 Å². The number of carbonyl (C=O) groups excluding carboxylic acids is 2. The molecule has 2 aromatic carbocycles. The number of primary amides is 1. The standard InChI is InChI=1S/C29H24ClF4N5O4/c1-27(26(35)41)13-43-24-19(27)10-22(37-23(24)14-2-4-16(31)5-3-14)28(42,29(32,33)34)12-36-25(40)15-8-20(30)18-11-39(17-6-7-17)38-21(18)9-15/h2-5,8-11,17,42H,6-7,12-13H2,1H3,(H2,35,41)(H,36,40)/t27-,28-/m0/s1. The zero-order valence-electron chi connectivity index (χ0n) is 22.5. The number of carbonyl (C=O) groups is 2. The zero-order chi connectivity index (χ0) is 30.9. The molecule has 6 rings (SSSR count). The summed E-state index contributed by atoms with van der Waals surface area (Å²) >= 11 is 6.35. The first kappa shape index (κ1) is 28.9. The fraction of sp³-hybridized carbons (Fsp3) is 0.310. The number of nitrogens with zero attached hydrogens (tertiary/aromatic N) is 3. The third-order valence-corrected chi connectivity index (χ3v) is 8.22. The average Bonchev–Trinajstić information content (AvgIpc) is 3.62. The molecule has 2 amide bonds. The number of alkyl halides is 3. The number of nitrogens with two attached hydrogens (primary N) is 1. The molecule has 14 heteroatoms. The van der Waals surface area contributed by atoms with E-state index in [9.17, 15) is 32.3 Å². The molecule has 1 fully saturated rings. The Kier molecular flexibility index (Phi) is 6.66. The first-order chi connectivity index (χ1) is 20.2. The molecule has 2 aliphatic rings. The van der Waals surface area contributed by atoms with Crippen LogP contribution >= 0.6 is 11.6 Å². The number of aliphatic hydroxyl groups is 1. The number of nitrogens with one attached hydrogen (secondary N) is 1. The average molecular weight is 618 g/mol. The van der Waals surface area contributed by atoms with Crippen LogP contribution in [0.25, 0.3) is 22.2 Å². The number of ether oxygens (including phenoxy) is 1. The minimum Gasteiger partial charge on any atom is -0.489 e. The lowest BCUT2D eigenvalue weighted by atomic mass is 9.81. The van der Waals surface area contributed by atoms with Gasteiger partial charge in [-0.15, -0.1) is 0 Å². The summed E-state index contributed by atoms with van der Waals surface area (Å²) in [6, 6.07) is 8.53. The number of halogens is 5. The molecular weight excluding hydrogens is 594 g/mol. The van der Waals surface area contributed by atoms with Gasteiger partial charge in [-0.2, -0.15) is 18.3 Å². The van der Waals surface area contributed by atoms with E-state index in [4.69, 9.17) is 22.1 Å². The molecule has 0 radical (unpaired) electrons. The van der Waals surface area contributed by atoms with Gasteiger partial charge in [-0.1, -0.05) is 11.6 Å². The minimum absolute atomic E-state index is 0.0289. The van der Waals surface area contributed by atoms with Crippen LogP contribution in [0.4, 0.5) is 17.6 Å². The van der Waals surface area contributed by atoms with Crippen LogP contribution in [0.1, 0.15) is 47.4 Å². The van der Waals surface area contributed by atoms with Gasteiger partial charge in [-0.25, -0.2) is 9.37 Å². The predicted molar refractivity (Wildman–Crippen MR) is 147 cm³/mol. The van der Waals surface area contributed by atoms with Crippen molar-refractivity contribution >= 4 is 34.3 Å². The van der Waals surface area contributed by atoms with Gasteiger partial charge in [0.15, 0.2) is 0 Å². The highest BCUT2D eigenvalue weighted by molar-refractivity contribution is 6.35. The van der Waals surface area contributed by atoms with Gasteiger partial charge in [0, 0.05) is 28.3 Å².